The van der Waals surface area contributed by atoms with Gasteiger partial charge in [-0.2, -0.15) is 0 Å². The van der Waals surface area contributed by atoms with Crippen LogP contribution in [-0.2, 0) is 0 Å². The van der Waals surface area contributed by atoms with E-state index in [2.05, 4.69) is 4.98 Å². The molecule has 0 bridgehead atoms. The summed E-state index contributed by atoms with van der Waals surface area (Å²) in [7, 11) is 1.51. The molecule has 0 unspecified atom stereocenters. The fourth-order valence-electron chi connectivity index (χ4n) is 1.11. The number of pyridine rings is 1. The molecule has 1 fully saturated rings. The third-order valence-corrected chi connectivity index (χ3v) is 1.95. The smallest absolute Gasteiger partial charge is 0.217 e. The molecule has 0 aromatic carbocycles. The number of hydrogen-bond donors (Lipinski definition) is 0. The molecule has 14 heavy (non-hydrogen) atoms. The standard InChI is InChI=1S/C10H11NO3/c1-13-10-5-9(14-8-2-3-8)4-7(6-12)11-10/h4-6,8H,2-3H2,1H3. The Kier molecular flexibility index (Phi) is 2.35. The van der Waals surface area contributed by atoms with Gasteiger partial charge >= 0.3 is 0 Å². The lowest BCUT2D eigenvalue weighted by Crippen LogP contribution is -1.99. The predicted octanol–water partition coefficient (Wildman–Crippen LogP) is 1.44. The first-order chi connectivity index (χ1) is 6.81. The van der Waals surface area contributed by atoms with Crippen molar-refractivity contribution in [2.45, 2.75) is 18.9 Å². The minimum absolute atomic E-state index is 0.307. The highest BCUT2D eigenvalue weighted by atomic mass is 16.5. The third kappa shape index (κ3) is 2.02. The van der Waals surface area contributed by atoms with Crippen molar-refractivity contribution in [2.24, 2.45) is 0 Å². The fraction of sp³-hybridized carbons (Fsp3) is 0.400. The average Bonchev–Trinajstić information content (AvgIpc) is 3.01. The van der Waals surface area contributed by atoms with Gasteiger partial charge in [0.05, 0.1) is 13.2 Å². The molecule has 1 saturated carbocycles. The summed E-state index contributed by atoms with van der Waals surface area (Å²) < 4.78 is 10.5. The first-order valence-corrected chi connectivity index (χ1v) is 4.49. The Labute approximate surface area is 81.9 Å². The summed E-state index contributed by atoms with van der Waals surface area (Å²) in [6.07, 6.45) is 3.16. The van der Waals surface area contributed by atoms with Crippen LogP contribution in [0.15, 0.2) is 12.1 Å². The molecule has 2 rings (SSSR count). The Morgan fingerprint density at radius 1 is 1.50 bits per heavy atom. The fourth-order valence-corrected chi connectivity index (χ4v) is 1.11. The van der Waals surface area contributed by atoms with Gasteiger partial charge < -0.3 is 9.47 Å². The molecule has 0 aliphatic heterocycles. The molecule has 0 N–H and O–H groups in total. The van der Waals surface area contributed by atoms with Gasteiger partial charge in [0.2, 0.25) is 5.88 Å². The van der Waals surface area contributed by atoms with E-state index in [1.807, 2.05) is 0 Å². The van der Waals surface area contributed by atoms with E-state index in [0.29, 0.717) is 29.7 Å². The van der Waals surface area contributed by atoms with Crippen molar-refractivity contribution in [1.29, 1.82) is 0 Å². The highest BCUT2D eigenvalue weighted by Crippen LogP contribution is 2.28. The van der Waals surface area contributed by atoms with Crippen LogP contribution in [0.4, 0.5) is 0 Å². The van der Waals surface area contributed by atoms with Gasteiger partial charge in [-0.15, -0.1) is 0 Å². The van der Waals surface area contributed by atoms with E-state index >= 15 is 0 Å². The molecule has 1 aromatic rings. The van der Waals surface area contributed by atoms with Crippen LogP contribution in [0.5, 0.6) is 11.6 Å². The van der Waals surface area contributed by atoms with Crippen molar-refractivity contribution in [1.82, 2.24) is 4.98 Å². The van der Waals surface area contributed by atoms with Gasteiger partial charge in [0, 0.05) is 12.1 Å². The van der Waals surface area contributed by atoms with E-state index in [9.17, 15) is 4.79 Å². The number of carbonyl (C=O) groups is 1. The van der Waals surface area contributed by atoms with Gasteiger partial charge in [0.1, 0.15) is 11.4 Å². The molecule has 0 atom stereocenters. The molecule has 1 heterocycles. The minimum Gasteiger partial charge on any atom is -0.490 e. The van der Waals surface area contributed by atoms with Crippen molar-refractivity contribution < 1.29 is 14.3 Å². The van der Waals surface area contributed by atoms with E-state index in [0.717, 1.165) is 12.8 Å². The Morgan fingerprint density at radius 2 is 2.29 bits per heavy atom. The molecule has 4 heteroatoms. The largest absolute Gasteiger partial charge is 0.490 e. The van der Waals surface area contributed by atoms with Crippen molar-refractivity contribution >= 4 is 6.29 Å². The van der Waals surface area contributed by atoms with Crippen LogP contribution in [0.3, 0.4) is 0 Å². The van der Waals surface area contributed by atoms with Crippen molar-refractivity contribution in [3.63, 3.8) is 0 Å². The monoisotopic (exact) mass is 193 g/mol. The number of nitrogens with zero attached hydrogens (tertiary/aromatic N) is 1. The molecule has 0 saturated heterocycles. The van der Waals surface area contributed by atoms with Crippen LogP contribution in [0.25, 0.3) is 0 Å². The van der Waals surface area contributed by atoms with E-state index in [1.54, 1.807) is 12.1 Å². The summed E-state index contributed by atoms with van der Waals surface area (Å²) in [4.78, 5) is 14.5. The number of aromatic nitrogens is 1. The normalized spacial score (nSPS) is 14.9. The predicted molar refractivity (Wildman–Crippen MR) is 49.8 cm³/mol. The summed E-state index contributed by atoms with van der Waals surface area (Å²) in [6.45, 7) is 0. The summed E-state index contributed by atoms with van der Waals surface area (Å²) in [5, 5.41) is 0. The second kappa shape index (κ2) is 3.65. The zero-order valence-corrected chi connectivity index (χ0v) is 7.90. The Bertz CT molecular complexity index is 347. The lowest BCUT2D eigenvalue weighted by atomic mass is 10.3. The van der Waals surface area contributed by atoms with E-state index < -0.39 is 0 Å². The number of carbonyl (C=O) groups excluding carboxylic acids is 1. The van der Waals surface area contributed by atoms with E-state index in [1.165, 1.54) is 7.11 Å². The zero-order chi connectivity index (χ0) is 9.97. The molecule has 74 valence electrons. The summed E-state index contributed by atoms with van der Waals surface area (Å²) in [6, 6.07) is 3.30. The molecule has 1 aliphatic rings. The molecular weight excluding hydrogens is 182 g/mol. The first kappa shape index (κ1) is 8.99. The molecule has 1 aliphatic carbocycles. The van der Waals surface area contributed by atoms with Crippen LogP contribution in [-0.4, -0.2) is 24.5 Å². The second-order valence-corrected chi connectivity index (χ2v) is 3.21. The van der Waals surface area contributed by atoms with Crippen LogP contribution in [0, 0.1) is 0 Å². The highest BCUT2D eigenvalue weighted by molar-refractivity contribution is 5.72. The topological polar surface area (TPSA) is 48.4 Å². The van der Waals surface area contributed by atoms with Crippen LogP contribution >= 0.6 is 0 Å². The molecule has 0 amide bonds. The Hall–Kier alpha value is -1.58. The second-order valence-electron chi connectivity index (χ2n) is 3.21. The van der Waals surface area contributed by atoms with Gasteiger partial charge in [-0.1, -0.05) is 0 Å². The maximum Gasteiger partial charge on any atom is 0.217 e. The van der Waals surface area contributed by atoms with Crippen molar-refractivity contribution in [3.8, 4) is 11.6 Å². The van der Waals surface area contributed by atoms with E-state index in [4.69, 9.17) is 9.47 Å². The van der Waals surface area contributed by atoms with Gasteiger partial charge in [-0.3, -0.25) is 4.79 Å². The quantitative estimate of drug-likeness (QED) is 0.679. The SMILES string of the molecule is COc1cc(OC2CC2)cc(C=O)n1. The zero-order valence-electron chi connectivity index (χ0n) is 7.90. The van der Waals surface area contributed by atoms with Crippen molar-refractivity contribution in [2.75, 3.05) is 7.11 Å². The third-order valence-electron chi connectivity index (χ3n) is 1.95. The molecule has 0 spiro atoms. The summed E-state index contributed by atoms with van der Waals surface area (Å²) in [5.41, 5.74) is 0.333. The van der Waals surface area contributed by atoms with Crippen molar-refractivity contribution in [3.05, 3.63) is 17.8 Å². The first-order valence-electron chi connectivity index (χ1n) is 4.49. The number of ether oxygens (including phenoxy) is 2. The maximum atomic E-state index is 10.6. The number of rotatable bonds is 4. The average molecular weight is 193 g/mol. The molecular formula is C10H11NO3. The molecule has 4 nitrogen and oxygen atoms in total. The Morgan fingerprint density at radius 3 is 2.86 bits per heavy atom. The maximum absolute atomic E-state index is 10.6. The summed E-state index contributed by atoms with van der Waals surface area (Å²) in [5.74, 6) is 1.06. The molecule has 0 radical (unpaired) electrons. The van der Waals surface area contributed by atoms with Crippen LogP contribution in [0.1, 0.15) is 23.3 Å². The van der Waals surface area contributed by atoms with E-state index in [-0.39, 0.29) is 0 Å². The molecule has 1 aromatic heterocycles. The highest BCUT2D eigenvalue weighted by Gasteiger charge is 2.23. The number of methoxy groups -OCH3 is 1. The van der Waals surface area contributed by atoms with Gasteiger partial charge in [0.25, 0.3) is 0 Å². The number of aldehydes is 1. The Balaban J connectivity index is 2.23. The minimum atomic E-state index is 0.307. The lowest BCUT2D eigenvalue weighted by molar-refractivity contribution is 0.111. The van der Waals surface area contributed by atoms with Gasteiger partial charge in [-0.05, 0) is 12.8 Å². The van der Waals surface area contributed by atoms with Gasteiger partial charge in [-0.25, -0.2) is 4.98 Å². The van der Waals surface area contributed by atoms with Crippen LogP contribution in [0.2, 0.25) is 0 Å². The van der Waals surface area contributed by atoms with Gasteiger partial charge in [0.15, 0.2) is 6.29 Å². The van der Waals surface area contributed by atoms with Crippen LogP contribution < -0.4 is 9.47 Å². The number of hydrogen-bond acceptors (Lipinski definition) is 4. The summed E-state index contributed by atoms with van der Waals surface area (Å²) >= 11 is 0. The lowest BCUT2D eigenvalue weighted by Gasteiger charge is -2.06.